The molecule has 0 aliphatic carbocycles. The lowest BCUT2D eigenvalue weighted by molar-refractivity contribution is 0.0526. The zero-order chi connectivity index (χ0) is 9.84. The minimum atomic E-state index is -0.307. The van der Waals surface area contributed by atoms with Crippen LogP contribution in [0.15, 0.2) is 12.3 Å². The largest absolute Gasteiger partial charge is 0.462 e. The summed E-state index contributed by atoms with van der Waals surface area (Å²) in [6, 6.07) is 1.79. The number of rotatable bonds is 2. The number of carbonyl (C=O) groups is 1. The highest BCUT2D eigenvalue weighted by molar-refractivity contribution is 5.89. The van der Waals surface area contributed by atoms with Crippen molar-refractivity contribution in [2.45, 2.75) is 20.8 Å². The van der Waals surface area contributed by atoms with Crippen molar-refractivity contribution in [2.75, 3.05) is 6.61 Å². The van der Waals surface area contributed by atoms with E-state index in [1.807, 2.05) is 13.8 Å². The predicted octanol–water partition coefficient (Wildman–Crippen LogP) is 1.88. The van der Waals surface area contributed by atoms with Crippen LogP contribution in [0, 0.1) is 13.8 Å². The minimum Gasteiger partial charge on any atom is -0.462 e. The number of ether oxygens (including phenoxy) is 1. The first kappa shape index (κ1) is 9.71. The molecule has 1 aromatic rings. The molecule has 3 nitrogen and oxygen atoms in total. The molecule has 0 aliphatic rings. The summed E-state index contributed by atoms with van der Waals surface area (Å²) < 4.78 is 4.84. The Balaban J connectivity index is 2.90. The van der Waals surface area contributed by atoms with Gasteiger partial charge in [0, 0.05) is 11.9 Å². The van der Waals surface area contributed by atoms with Gasteiger partial charge in [0.1, 0.15) is 0 Å². The van der Waals surface area contributed by atoms with Crippen molar-refractivity contribution in [1.29, 1.82) is 0 Å². The van der Waals surface area contributed by atoms with Crippen LogP contribution in [-0.2, 0) is 4.74 Å². The normalized spacial score (nSPS) is 9.77. The van der Waals surface area contributed by atoms with Gasteiger partial charge >= 0.3 is 5.97 Å². The van der Waals surface area contributed by atoms with Gasteiger partial charge in [-0.25, -0.2) is 4.79 Å². The van der Waals surface area contributed by atoms with Crippen molar-refractivity contribution >= 4 is 5.97 Å². The molecule has 0 fully saturated rings. The fourth-order valence-electron chi connectivity index (χ4n) is 0.969. The van der Waals surface area contributed by atoms with Gasteiger partial charge in [0.2, 0.25) is 0 Å². The third kappa shape index (κ3) is 2.28. The van der Waals surface area contributed by atoms with Gasteiger partial charge in [-0.05, 0) is 32.4 Å². The molecule has 3 heteroatoms. The SMILES string of the molecule is CCOC(=O)c1cnc(C)c(C)c1. The van der Waals surface area contributed by atoms with Gasteiger partial charge in [-0.3, -0.25) is 4.98 Å². The van der Waals surface area contributed by atoms with Gasteiger partial charge in [-0.15, -0.1) is 0 Å². The van der Waals surface area contributed by atoms with Gasteiger partial charge in [-0.1, -0.05) is 0 Å². The fraction of sp³-hybridized carbons (Fsp3) is 0.400. The van der Waals surface area contributed by atoms with Crippen LogP contribution in [-0.4, -0.2) is 17.6 Å². The Morgan fingerprint density at radius 3 is 2.77 bits per heavy atom. The first-order valence-corrected chi connectivity index (χ1v) is 4.25. The summed E-state index contributed by atoms with van der Waals surface area (Å²) in [5.74, 6) is -0.307. The molecule has 0 unspecified atom stereocenters. The first-order valence-electron chi connectivity index (χ1n) is 4.25. The van der Waals surface area contributed by atoms with Gasteiger partial charge in [0.15, 0.2) is 0 Å². The quantitative estimate of drug-likeness (QED) is 0.650. The third-order valence-corrected chi connectivity index (χ3v) is 1.85. The van der Waals surface area contributed by atoms with Crippen LogP contribution in [0.2, 0.25) is 0 Å². The zero-order valence-electron chi connectivity index (χ0n) is 8.13. The molecule has 1 aromatic heterocycles. The second kappa shape index (κ2) is 4.03. The molecule has 0 aliphatic heterocycles. The van der Waals surface area contributed by atoms with Crippen molar-refractivity contribution < 1.29 is 9.53 Å². The summed E-state index contributed by atoms with van der Waals surface area (Å²) in [6.45, 7) is 6.01. The third-order valence-electron chi connectivity index (χ3n) is 1.85. The van der Waals surface area contributed by atoms with Crippen molar-refractivity contribution in [3.63, 3.8) is 0 Å². The average Bonchev–Trinajstić information content (AvgIpc) is 2.10. The number of hydrogen-bond acceptors (Lipinski definition) is 3. The molecular weight excluding hydrogens is 166 g/mol. The van der Waals surface area contributed by atoms with Crippen molar-refractivity contribution in [2.24, 2.45) is 0 Å². The topological polar surface area (TPSA) is 39.2 Å². The maximum absolute atomic E-state index is 11.2. The molecule has 1 heterocycles. The Labute approximate surface area is 77.8 Å². The molecule has 70 valence electrons. The van der Waals surface area contributed by atoms with Crippen molar-refractivity contribution in [1.82, 2.24) is 4.98 Å². The molecule has 0 bridgehead atoms. The highest BCUT2D eigenvalue weighted by Gasteiger charge is 2.07. The molecule has 0 saturated heterocycles. The molecule has 0 aromatic carbocycles. The summed E-state index contributed by atoms with van der Waals surface area (Å²) in [7, 11) is 0. The van der Waals surface area contributed by atoms with Crippen LogP contribution in [0.1, 0.15) is 28.5 Å². The maximum atomic E-state index is 11.2. The molecule has 0 saturated carbocycles. The van der Waals surface area contributed by atoms with E-state index in [1.54, 1.807) is 19.2 Å². The number of nitrogens with zero attached hydrogens (tertiary/aromatic N) is 1. The molecule has 13 heavy (non-hydrogen) atoms. The van der Waals surface area contributed by atoms with Crippen molar-refractivity contribution in [3.8, 4) is 0 Å². The fourth-order valence-corrected chi connectivity index (χ4v) is 0.969. The van der Waals surface area contributed by atoms with E-state index in [-0.39, 0.29) is 5.97 Å². The molecule has 1 rings (SSSR count). The van der Waals surface area contributed by atoms with Gasteiger partial charge < -0.3 is 4.74 Å². The number of carbonyl (C=O) groups excluding carboxylic acids is 1. The first-order chi connectivity index (χ1) is 6.15. The van der Waals surface area contributed by atoms with Crippen molar-refractivity contribution in [3.05, 3.63) is 29.1 Å². The predicted molar refractivity (Wildman–Crippen MR) is 49.7 cm³/mol. The van der Waals surface area contributed by atoms with Crippen LogP contribution in [0.5, 0.6) is 0 Å². The second-order valence-electron chi connectivity index (χ2n) is 2.85. The van der Waals surface area contributed by atoms with E-state index >= 15 is 0 Å². The molecule has 0 spiro atoms. The summed E-state index contributed by atoms with van der Waals surface area (Å²) >= 11 is 0. The number of pyridine rings is 1. The van der Waals surface area contributed by atoms with E-state index in [2.05, 4.69) is 4.98 Å². The molecular formula is C10H13NO2. The Morgan fingerprint density at radius 2 is 2.23 bits per heavy atom. The lowest BCUT2D eigenvalue weighted by Gasteiger charge is -2.03. The number of aromatic nitrogens is 1. The molecule has 0 N–H and O–H groups in total. The van der Waals surface area contributed by atoms with Gasteiger partial charge in [-0.2, -0.15) is 0 Å². The monoisotopic (exact) mass is 179 g/mol. The zero-order valence-corrected chi connectivity index (χ0v) is 8.13. The Bertz CT molecular complexity index is 321. The van der Waals surface area contributed by atoms with Crippen LogP contribution >= 0.6 is 0 Å². The van der Waals surface area contributed by atoms with E-state index in [0.29, 0.717) is 12.2 Å². The van der Waals surface area contributed by atoms with E-state index in [1.165, 1.54) is 0 Å². The van der Waals surface area contributed by atoms with E-state index in [4.69, 9.17) is 4.74 Å². The number of aryl methyl sites for hydroxylation is 2. The lowest BCUT2D eigenvalue weighted by atomic mass is 10.2. The summed E-state index contributed by atoms with van der Waals surface area (Å²) in [4.78, 5) is 15.3. The summed E-state index contributed by atoms with van der Waals surface area (Å²) in [5, 5.41) is 0. The van der Waals surface area contributed by atoms with E-state index in [9.17, 15) is 4.79 Å². The van der Waals surface area contributed by atoms with Crippen LogP contribution in [0.3, 0.4) is 0 Å². The Morgan fingerprint density at radius 1 is 1.54 bits per heavy atom. The smallest absolute Gasteiger partial charge is 0.339 e. The van der Waals surface area contributed by atoms with Gasteiger partial charge in [0.05, 0.1) is 12.2 Å². The maximum Gasteiger partial charge on any atom is 0.339 e. The number of esters is 1. The van der Waals surface area contributed by atoms with Crippen LogP contribution < -0.4 is 0 Å². The van der Waals surface area contributed by atoms with E-state index < -0.39 is 0 Å². The standard InChI is InChI=1S/C10H13NO2/c1-4-13-10(12)9-5-7(2)8(3)11-6-9/h5-6H,4H2,1-3H3. The second-order valence-corrected chi connectivity index (χ2v) is 2.85. The average molecular weight is 179 g/mol. The van der Waals surface area contributed by atoms with Gasteiger partial charge in [0.25, 0.3) is 0 Å². The highest BCUT2D eigenvalue weighted by Crippen LogP contribution is 2.07. The molecule has 0 amide bonds. The summed E-state index contributed by atoms with van der Waals surface area (Å²) in [6.07, 6.45) is 1.54. The molecule has 0 atom stereocenters. The lowest BCUT2D eigenvalue weighted by Crippen LogP contribution is -2.06. The Hall–Kier alpha value is -1.38. The minimum absolute atomic E-state index is 0.307. The summed E-state index contributed by atoms with van der Waals surface area (Å²) in [5.41, 5.74) is 2.46. The Kier molecular flexibility index (Phi) is 3.01. The number of hydrogen-bond donors (Lipinski definition) is 0. The highest BCUT2D eigenvalue weighted by atomic mass is 16.5. The van der Waals surface area contributed by atoms with Crippen LogP contribution in [0.25, 0.3) is 0 Å². The van der Waals surface area contributed by atoms with E-state index in [0.717, 1.165) is 11.3 Å². The molecule has 0 radical (unpaired) electrons. The van der Waals surface area contributed by atoms with Crippen LogP contribution in [0.4, 0.5) is 0 Å².